The summed E-state index contributed by atoms with van der Waals surface area (Å²) in [4.78, 5) is 24.5. The minimum Gasteiger partial charge on any atom is -0.481 e. The van der Waals surface area contributed by atoms with E-state index in [4.69, 9.17) is 5.11 Å². The summed E-state index contributed by atoms with van der Waals surface area (Å²) in [5.41, 5.74) is 0. The SMILES string of the molecule is CC(CCNC(=O)N1CCCCC1CC(=O)O)S(C)=O. The standard InChI is InChI=1S/C13H24N2O4S/c1-10(20(2)19)6-7-14-13(18)15-8-4-3-5-11(15)9-12(16)17/h10-11H,3-9H2,1-2H3,(H,14,18)(H,16,17). The molecule has 1 aliphatic rings. The summed E-state index contributed by atoms with van der Waals surface area (Å²) in [6.07, 6.45) is 4.94. The van der Waals surface area contributed by atoms with E-state index >= 15 is 0 Å². The Balaban J connectivity index is 2.43. The van der Waals surface area contributed by atoms with Gasteiger partial charge in [0.15, 0.2) is 0 Å². The monoisotopic (exact) mass is 304 g/mol. The fourth-order valence-electron chi connectivity index (χ4n) is 2.33. The van der Waals surface area contributed by atoms with Crippen LogP contribution in [0.15, 0.2) is 0 Å². The third-order valence-electron chi connectivity index (χ3n) is 3.69. The molecule has 0 radical (unpaired) electrons. The normalized spacial score (nSPS) is 22.1. The lowest BCUT2D eigenvalue weighted by atomic mass is 10.00. The van der Waals surface area contributed by atoms with Gasteiger partial charge in [-0.2, -0.15) is 0 Å². The van der Waals surface area contributed by atoms with Crippen LogP contribution < -0.4 is 5.32 Å². The molecule has 7 heteroatoms. The first-order valence-electron chi connectivity index (χ1n) is 7.00. The van der Waals surface area contributed by atoms with E-state index < -0.39 is 16.8 Å². The first-order valence-corrected chi connectivity index (χ1v) is 8.62. The fourth-order valence-corrected chi connectivity index (χ4v) is 2.78. The van der Waals surface area contributed by atoms with Gasteiger partial charge in [-0.05, 0) is 25.7 Å². The number of aliphatic carboxylic acids is 1. The van der Waals surface area contributed by atoms with Crippen LogP contribution in [-0.2, 0) is 15.6 Å². The molecule has 0 spiro atoms. The summed E-state index contributed by atoms with van der Waals surface area (Å²) in [7, 11) is -0.887. The van der Waals surface area contributed by atoms with Crippen molar-refractivity contribution in [3.8, 4) is 0 Å². The number of urea groups is 1. The van der Waals surface area contributed by atoms with Gasteiger partial charge in [0.25, 0.3) is 0 Å². The summed E-state index contributed by atoms with van der Waals surface area (Å²) in [6, 6.07) is -0.413. The van der Waals surface area contributed by atoms with Crippen molar-refractivity contribution in [2.24, 2.45) is 0 Å². The van der Waals surface area contributed by atoms with E-state index in [1.165, 1.54) is 0 Å². The maximum atomic E-state index is 12.1. The quantitative estimate of drug-likeness (QED) is 0.771. The number of amides is 2. The van der Waals surface area contributed by atoms with Gasteiger partial charge in [0.2, 0.25) is 0 Å². The number of piperidine rings is 1. The van der Waals surface area contributed by atoms with Crippen molar-refractivity contribution >= 4 is 22.8 Å². The second-order valence-corrected chi connectivity index (χ2v) is 7.07. The average molecular weight is 304 g/mol. The van der Waals surface area contributed by atoms with E-state index in [1.807, 2.05) is 6.92 Å². The highest BCUT2D eigenvalue weighted by atomic mass is 32.2. The Morgan fingerprint density at radius 2 is 2.15 bits per heavy atom. The molecule has 0 aromatic rings. The van der Waals surface area contributed by atoms with E-state index in [0.29, 0.717) is 19.5 Å². The van der Waals surface area contributed by atoms with Gasteiger partial charge in [0.1, 0.15) is 0 Å². The lowest BCUT2D eigenvalue weighted by Gasteiger charge is -2.35. The Labute approximate surface area is 122 Å². The molecule has 3 atom stereocenters. The van der Waals surface area contributed by atoms with Gasteiger partial charge >= 0.3 is 12.0 Å². The maximum Gasteiger partial charge on any atom is 0.317 e. The molecule has 2 N–H and O–H groups in total. The van der Waals surface area contributed by atoms with Gasteiger partial charge in [-0.15, -0.1) is 0 Å². The minimum absolute atomic E-state index is 0.00278. The average Bonchev–Trinajstić information content (AvgIpc) is 2.38. The zero-order chi connectivity index (χ0) is 15.1. The molecule has 0 saturated carbocycles. The Morgan fingerprint density at radius 1 is 1.45 bits per heavy atom. The smallest absolute Gasteiger partial charge is 0.317 e. The number of carboxylic acid groups (broad SMARTS) is 1. The fraction of sp³-hybridized carbons (Fsp3) is 0.846. The van der Waals surface area contributed by atoms with Crippen molar-refractivity contribution in [3.05, 3.63) is 0 Å². The topological polar surface area (TPSA) is 86.7 Å². The lowest BCUT2D eigenvalue weighted by Crippen LogP contribution is -2.49. The molecular weight excluding hydrogens is 280 g/mol. The van der Waals surface area contributed by atoms with Crippen molar-refractivity contribution in [2.75, 3.05) is 19.3 Å². The zero-order valence-electron chi connectivity index (χ0n) is 12.1. The van der Waals surface area contributed by atoms with Crippen molar-refractivity contribution in [3.63, 3.8) is 0 Å². The van der Waals surface area contributed by atoms with Crippen LogP contribution in [0.3, 0.4) is 0 Å². The van der Waals surface area contributed by atoms with Crippen molar-refractivity contribution in [1.29, 1.82) is 0 Å². The highest BCUT2D eigenvalue weighted by Gasteiger charge is 2.28. The van der Waals surface area contributed by atoms with Crippen LogP contribution in [0.2, 0.25) is 0 Å². The van der Waals surface area contributed by atoms with Crippen molar-refractivity contribution < 1.29 is 18.9 Å². The van der Waals surface area contributed by atoms with Gasteiger partial charge in [-0.3, -0.25) is 9.00 Å². The Morgan fingerprint density at radius 3 is 2.75 bits per heavy atom. The van der Waals surface area contributed by atoms with Crippen molar-refractivity contribution in [1.82, 2.24) is 10.2 Å². The number of carboxylic acids is 1. The van der Waals surface area contributed by atoms with Crippen LogP contribution in [0.25, 0.3) is 0 Å². The van der Waals surface area contributed by atoms with Crippen LogP contribution in [0.5, 0.6) is 0 Å². The van der Waals surface area contributed by atoms with E-state index in [0.717, 1.165) is 19.3 Å². The number of hydrogen-bond donors (Lipinski definition) is 2. The van der Waals surface area contributed by atoms with Gasteiger partial charge in [-0.25, -0.2) is 4.79 Å². The molecule has 0 aliphatic carbocycles. The van der Waals surface area contributed by atoms with Crippen LogP contribution >= 0.6 is 0 Å². The van der Waals surface area contributed by atoms with Crippen LogP contribution in [0, 0.1) is 0 Å². The molecule has 0 aromatic heterocycles. The first-order chi connectivity index (χ1) is 9.41. The summed E-state index contributed by atoms with van der Waals surface area (Å²) in [6.45, 7) is 2.96. The lowest BCUT2D eigenvalue weighted by molar-refractivity contribution is -0.138. The van der Waals surface area contributed by atoms with Crippen LogP contribution in [0.4, 0.5) is 4.79 Å². The summed E-state index contributed by atoms with van der Waals surface area (Å²) in [5, 5.41) is 11.7. The van der Waals surface area contributed by atoms with Crippen molar-refractivity contribution in [2.45, 2.75) is 50.3 Å². The number of carbonyl (C=O) groups is 2. The number of nitrogens with one attached hydrogen (secondary N) is 1. The first kappa shape index (κ1) is 16.9. The van der Waals surface area contributed by atoms with Crippen LogP contribution in [0.1, 0.15) is 39.0 Å². The summed E-state index contributed by atoms with van der Waals surface area (Å²) < 4.78 is 11.2. The molecule has 6 nitrogen and oxygen atoms in total. The molecule has 1 heterocycles. The third-order valence-corrected chi connectivity index (χ3v) is 5.06. The second-order valence-electron chi connectivity index (χ2n) is 5.27. The Bertz CT molecular complexity index is 375. The molecule has 0 bridgehead atoms. The van der Waals surface area contributed by atoms with Gasteiger partial charge in [0, 0.05) is 41.4 Å². The molecule has 1 aliphatic heterocycles. The number of hydrogen-bond acceptors (Lipinski definition) is 3. The number of carbonyl (C=O) groups excluding carboxylic acids is 1. The molecule has 116 valence electrons. The summed E-state index contributed by atoms with van der Waals surface area (Å²) >= 11 is 0. The van der Waals surface area contributed by atoms with Gasteiger partial charge in [0.05, 0.1) is 6.42 Å². The highest BCUT2D eigenvalue weighted by Crippen LogP contribution is 2.19. The van der Waals surface area contributed by atoms with Crippen LogP contribution in [-0.4, -0.2) is 56.9 Å². The van der Waals surface area contributed by atoms with E-state index in [2.05, 4.69) is 5.32 Å². The number of nitrogens with zero attached hydrogens (tertiary/aromatic N) is 1. The van der Waals surface area contributed by atoms with Gasteiger partial charge in [-0.1, -0.05) is 6.92 Å². The molecule has 1 saturated heterocycles. The molecule has 1 fully saturated rings. The second kappa shape index (κ2) is 8.24. The zero-order valence-corrected chi connectivity index (χ0v) is 12.9. The summed E-state index contributed by atoms with van der Waals surface area (Å²) in [5.74, 6) is -0.871. The maximum absolute atomic E-state index is 12.1. The highest BCUT2D eigenvalue weighted by molar-refractivity contribution is 7.84. The molecule has 1 rings (SSSR count). The largest absolute Gasteiger partial charge is 0.481 e. The third kappa shape index (κ3) is 5.48. The van der Waals surface area contributed by atoms with E-state index in [1.54, 1.807) is 11.2 Å². The number of rotatable bonds is 6. The van der Waals surface area contributed by atoms with Gasteiger partial charge < -0.3 is 15.3 Å². The predicted molar refractivity (Wildman–Crippen MR) is 78.1 cm³/mol. The minimum atomic E-state index is -0.887. The van der Waals surface area contributed by atoms with E-state index in [-0.39, 0.29) is 23.7 Å². The predicted octanol–water partition coefficient (Wildman–Crippen LogP) is 1.18. The molecule has 20 heavy (non-hydrogen) atoms. The van der Waals surface area contributed by atoms with E-state index in [9.17, 15) is 13.8 Å². The molecule has 0 aromatic carbocycles. The number of likely N-dealkylation sites (tertiary alicyclic amines) is 1. The Hall–Kier alpha value is -1.11. The molecule has 2 amide bonds. The Kier molecular flexibility index (Phi) is 6.98. The molecule has 3 unspecified atom stereocenters. The molecular formula is C13H24N2O4S.